The van der Waals surface area contributed by atoms with E-state index in [-0.39, 0.29) is 0 Å². The third kappa shape index (κ3) is 6.41. The summed E-state index contributed by atoms with van der Waals surface area (Å²) in [7, 11) is 0. The quantitative estimate of drug-likeness (QED) is 0.612. The van der Waals surface area contributed by atoms with Crippen LogP contribution in [0.1, 0.15) is 20.3 Å². The number of para-hydroxylation sites is 1. The molecule has 0 amide bonds. The molecule has 0 unspecified atom stereocenters. The fourth-order valence-electron chi connectivity index (χ4n) is 2.12. The van der Waals surface area contributed by atoms with Crippen LogP contribution in [0.2, 0.25) is 5.02 Å². The molecule has 124 valence electrons. The predicted molar refractivity (Wildman–Crippen MR) is 99.8 cm³/mol. The van der Waals surface area contributed by atoms with Crippen LogP contribution >= 0.6 is 11.6 Å². The average Bonchev–Trinajstić information content (AvgIpc) is 2.53. The second-order valence-electron chi connectivity index (χ2n) is 5.89. The zero-order valence-corrected chi connectivity index (χ0v) is 14.6. The van der Waals surface area contributed by atoms with Crippen molar-refractivity contribution >= 4 is 23.0 Å². The van der Waals surface area contributed by atoms with E-state index in [1.54, 1.807) is 0 Å². The van der Waals surface area contributed by atoms with Crippen molar-refractivity contribution in [3.05, 3.63) is 53.6 Å². The lowest BCUT2D eigenvalue weighted by atomic mass is 10.1. The maximum Gasteiger partial charge on any atom is 0.121 e. The summed E-state index contributed by atoms with van der Waals surface area (Å²) < 4.78 is 5.78. The van der Waals surface area contributed by atoms with Crippen molar-refractivity contribution in [2.24, 2.45) is 5.92 Å². The van der Waals surface area contributed by atoms with Crippen molar-refractivity contribution in [3.63, 3.8) is 0 Å². The van der Waals surface area contributed by atoms with Gasteiger partial charge in [-0.05, 0) is 36.6 Å². The van der Waals surface area contributed by atoms with E-state index < -0.39 is 0 Å². The van der Waals surface area contributed by atoms with Crippen LogP contribution in [-0.4, -0.2) is 19.7 Å². The number of hydrogen-bond donors (Lipinski definition) is 2. The van der Waals surface area contributed by atoms with Gasteiger partial charge >= 0.3 is 0 Å². The number of hydrogen-bond acceptors (Lipinski definition) is 3. The molecule has 4 heteroatoms. The minimum atomic E-state index is 0.659. The van der Waals surface area contributed by atoms with Crippen LogP contribution in [0.15, 0.2) is 48.5 Å². The Morgan fingerprint density at radius 1 is 1.00 bits per heavy atom. The molecule has 0 bridgehead atoms. The summed E-state index contributed by atoms with van der Waals surface area (Å²) in [5.74, 6) is 1.57. The first kappa shape index (κ1) is 17.5. The third-order valence-corrected chi connectivity index (χ3v) is 3.77. The van der Waals surface area contributed by atoms with E-state index in [9.17, 15) is 0 Å². The van der Waals surface area contributed by atoms with Crippen molar-refractivity contribution in [2.45, 2.75) is 20.3 Å². The highest BCUT2D eigenvalue weighted by molar-refractivity contribution is 6.33. The molecule has 2 rings (SSSR count). The molecule has 0 aromatic heterocycles. The second kappa shape index (κ2) is 9.31. The average molecular weight is 333 g/mol. The maximum atomic E-state index is 6.11. The van der Waals surface area contributed by atoms with E-state index in [0.717, 1.165) is 48.3 Å². The van der Waals surface area contributed by atoms with Gasteiger partial charge in [0.05, 0.1) is 17.3 Å². The van der Waals surface area contributed by atoms with Gasteiger partial charge in [-0.3, -0.25) is 0 Å². The highest BCUT2D eigenvalue weighted by atomic mass is 35.5. The van der Waals surface area contributed by atoms with Crippen LogP contribution in [-0.2, 0) is 0 Å². The molecule has 0 atom stereocenters. The minimum absolute atomic E-state index is 0.659. The first-order chi connectivity index (χ1) is 11.1. The SMILES string of the molecule is CC(C)CCOc1cccc(NCCNc2ccccc2Cl)c1. The van der Waals surface area contributed by atoms with Crippen molar-refractivity contribution in [1.82, 2.24) is 0 Å². The van der Waals surface area contributed by atoms with Gasteiger partial charge < -0.3 is 15.4 Å². The monoisotopic (exact) mass is 332 g/mol. The van der Waals surface area contributed by atoms with Gasteiger partial charge in [-0.25, -0.2) is 0 Å². The van der Waals surface area contributed by atoms with Gasteiger partial charge in [0.2, 0.25) is 0 Å². The number of ether oxygens (including phenoxy) is 1. The Morgan fingerprint density at radius 3 is 2.57 bits per heavy atom. The smallest absolute Gasteiger partial charge is 0.121 e. The molecule has 0 spiro atoms. The molecule has 0 aliphatic carbocycles. The molecule has 2 aromatic rings. The molecule has 2 N–H and O–H groups in total. The molecule has 0 aliphatic heterocycles. The van der Waals surface area contributed by atoms with Crippen LogP contribution in [0.4, 0.5) is 11.4 Å². The van der Waals surface area contributed by atoms with Crippen LogP contribution in [0.5, 0.6) is 5.75 Å². The number of halogens is 1. The highest BCUT2D eigenvalue weighted by Gasteiger charge is 2.00. The Hall–Kier alpha value is -1.87. The largest absolute Gasteiger partial charge is 0.494 e. The molecule has 0 saturated carbocycles. The molecular weight excluding hydrogens is 308 g/mol. The predicted octanol–water partition coefficient (Wildman–Crippen LogP) is 5.29. The summed E-state index contributed by atoms with van der Waals surface area (Å²) in [6, 6.07) is 15.8. The zero-order valence-electron chi connectivity index (χ0n) is 13.8. The fraction of sp³-hybridized carbons (Fsp3) is 0.368. The lowest BCUT2D eigenvalue weighted by Crippen LogP contribution is -2.13. The Balaban J connectivity index is 1.74. The molecule has 23 heavy (non-hydrogen) atoms. The summed E-state index contributed by atoms with van der Waals surface area (Å²) >= 11 is 6.11. The summed E-state index contributed by atoms with van der Waals surface area (Å²) in [5, 5.41) is 7.45. The van der Waals surface area contributed by atoms with Gasteiger partial charge in [-0.15, -0.1) is 0 Å². The lowest BCUT2D eigenvalue weighted by molar-refractivity contribution is 0.289. The van der Waals surface area contributed by atoms with E-state index >= 15 is 0 Å². The summed E-state index contributed by atoms with van der Waals surface area (Å²) in [5.41, 5.74) is 2.02. The Morgan fingerprint density at radius 2 is 1.78 bits per heavy atom. The normalized spacial score (nSPS) is 10.6. The third-order valence-electron chi connectivity index (χ3n) is 3.44. The van der Waals surface area contributed by atoms with Crippen molar-refractivity contribution in [1.29, 1.82) is 0 Å². The summed E-state index contributed by atoms with van der Waals surface area (Å²) in [4.78, 5) is 0. The van der Waals surface area contributed by atoms with Crippen LogP contribution in [0, 0.1) is 5.92 Å². The molecule has 3 nitrogen and oxygen atoms in total. The van der Waals surface area contributed by atoms with Crippen molar-refractivity contribution in [3.8, 4) is 5.75 Å². The van der Waals surface area contributed by atoms with Gasteiger partial charge in [0, 0.05) is 24.8 Å². The van der Waals surface area contributed by atoms with E-state index in [1.165, 1.54) is 0 Å². The topological polar surface area (TPSA) is 33.3 Å². The zero-order chi connectivity index (χ0) is 16.5. The van der Waals surface area contributed by atoms with Gasteiger partial charge in [0.25, 0.3) is 0 Å². The molecular formula is C19H25ClN2O. The van der Waals surface area contributed by atoms with Gasteiger partial charge in [-0.2, -0.15) is 0 Å². The van der Waals surface area contributed by atoms with E-state index in [2.05, 4.69) is 24.5 Å². The molecule has 0 fully saturated rings. The number of nitrogens with one attached hydrogen (secondary N) is 2. The summed E-state index contributed by atoms with van der Waals surface area (Å²) in [6.07, 6.45) is 1.07. The molecule has 0 saturated heterocycles. The van der Waals surface area contributed by atoms with E-state index in [1.807, 2.05) is 48.5 Å². The van der Waals surface area contributed by atoms with E-state index in [4.69, 9.17) is 16.3 Å². The van der Waals surface area contributed by atoms with Gasteiger partial charge in [0.1, 0.15) is 5.75 Å². The van der Waals surface area contributed by atoms with Crippen LogP contribution < -0.4 is 15.4 Å². The number of rotatable bonds is 9. The molecule has 0 aliphatic rings. The second-order valence-corrected chi connectivity index (χ2v) is 6.30. The molecule has 2 aromatic carbocycles. The molecule has 0 radical (unpaired) electrons. The van der Waals surface area contributed by atoms with Crippen molar-refractivity contribution < 1.29 is 4.74 Å². The Bertz CT molecular complexity index is 601. The van der Waals surface area contributed by atoms with Gasteiger partial charge in [-0.1, -0.05) is 43.6 Å². The fourth-order valence-corrected chi connectivity index (χ4v) is 2.32. The van der Waals surface area contributed by atoms with Crippen LogP contribution in [0.3, 0.4) is 0 Å². The van der Waals surface area contributed by atoms with E-state index in [0.29, 0.717) is 5.92 Å². The number of benzene rings is 2. The molecule has 0 heterocycles. The first-order valence-electron chi connectivity index (χ1n) is 8.10. The van der Waals surface area contributed by atoms with Gasteiger partial charge in [0.15, 0.2) is 0 Å². The first-order valence-corrected chi connectivity index (χ1v) is 8.48. The lowest BCUT2D eigenvalue weighted by Gasteiger charge is -2.12. The van der Waals surface area contributed by atoms with Crippen LogP contribution in [0.25, 0.3) is 0 Å². The maximum absolute atomic E-state index is 6.11. The Labute approximate surface area is 144 Å². The number of anilines is 2. The standard InChI is InChI=1S/C19H25ClN2O/c1-15(2)10-13-23-17-7-5-6-16(14-17)21-11-12-22-19-9-4-3-8-18(19)20/h3-9,14-15,21-22H,10-13H2,1-2H3. The Kier molecular flexibility index (Phi) is 7.08. The minimum Gasteiger partial charge on any atom is -0.494 e. The van der Waals surface area contributed by atoms with Crippen molar-refractivity contribution in [2.75, 3.05) is 30.3 Å². The summed E-state index contributed by atoms with van der Waals surface area (Å²) in [6.45, 7) is 6.76. The highest BCUT2D eigenvalue weighted by Crippen LogP contribution is 2.20.